The molecule has 0 radical (unpaired) electrons. The second-order valence-corrected chi connectivity index (χ2v) is 5.03. The molecule has 0 aliphatic carbocycles. The SMILES string of the molecule is CCc1ccc(-c2cn3cc(F)ccc3n2)s1. The Balaban J connectivity index is 2.11. The zero-order valence-electron chi connectivity index (χ0n) is 9.35. The third kappa shape index (κ3) is 1.85. The quantitative estimate of drug-likeness (QED) is 0.673. The summed E-state index contributed by atoms with van der Waals surface area (Å²) in [4.78, 5) is 6.95. The van der Waals surface area contributed by atoms with E-state index in [0.717, 1.165) is 22.6 Å². The smallest absolute Gasteiger partial charge is 0.139 e. The zero-order valence-corrected chi connectivity index (χ0v) is 10.2. The minimum absolute atomic E-state index is 0.248. The molecule has 0 unspecified atom stereocenters. The van der Waals surface area contributed by atoms with E-state index in [4.69, 9.17) is 0 Å². The molecule has 17 heavy (non-hydrogen) atoms. The summed E-state index contributed by atoms with van der Waals surface area (Å²) in [7, 11) is 0. The molecule has 0 bridgehead atoms. The van der Waals surface area contributed by atoms with E-state index in [1.54, 1.807) is 21.8 Å². The second kappa shape index (κ2) is 3.96. The van der Waals surface area contributed by atoms with E-state index >= 15 is 0 Å². The Bertz CT molecular complexity index is 669. The Morgan fingerprint density at radius 3 is 2.88 bits per heavy atom. The van der Waals surface area contributed by atoms with E-state index in [9.17, 15) is 4.39 Å². The van der Waals surface area contributed by atoms with Crippen LogP contribution in [-0.4, -0.2) is 9.38 Å². The largest absolute Gasteiger partial charge is 0.303 e. The van der Waals surface area contributed by atoms with Crippen LogP contribution in [0, 0.1) is 5.82 Å². The average Bonchev–Trinajstić information content (AvgIpc) is 2.93. The summed E-state index contributed by atoms with van der Waals surface area (Å²) in [6.45, 7) is 2.13. The van der Waals surface area contributed by atoms with E-state index in [-0.39, 0.29) is 5.82 Å². The Kier molecular flexibility index (Phi) is 2.44. The van der Waals surface area contributed by atoms with Gasteiger partial charge in [-0.2, -0.15) is 0 Å². The summed E-state index contributed by atoms with van der Waals surface area (Å²) in [5.74, 6) is -0.248. The van der Waals surface area contributed by atoms with Crippen LogP contribution >= 0.6 is 11.3 Å². The number of aryl methyl sites for hydroxylation is 1. The van der Waals surface area contributed by atoms with Gasteiger partial charge in [-0.15, -0.1) is 11.3 Å². The van der Waals surface area contributed by atoms with Crippen molar-refractivity contribution in [1.29, 1.82) is 0 Å². The van der Waals surface area contributed by atoms with Gasteiger partial charge in [0.15, 0.2) is 0 Å². The molecule has 2 nitrogen and oxygen atoms in total. The lowest BCUT2D eigenvalue weighted by molar-refractivity contribution is 0.619. The van der Waals surface area contributed by atoms with Gasteiger partial charge in [0.1, 0.15) is 11.5 Å². The number of nitrogens with zero attached hydrogens (tertiary/aromatic N) is 2. The van der Waals surface area contributed by atoms with Crippen molar-refractivity contribution in [2.75, 3.05) is 0 Å². The van der Waals surface area contributed by atoms with Crippen molar-refractivity contribution in [2.24, 2.45) is 0 Å². The lowest BCUT2D eigenvalue weighted by atomic mass is 10.3. The van der Waals surface area contributed by atoms with Crippen molar-refractivity contribution in [3.05, 3.63) is 47.4 Å². The van der Waals surface area contributed by atoms with Gasteiger partial charge in [0.25, 0.3) is 0 Å². The zero-order chi connectivity index (χ0) is 11.8. The first-order valence-electron chi connectivity index (χ1n) is 5.49. The van der Waals surface area contributed by atoms with E-state index < -0.39 is 0 Å². The van der Waals surface area contributed by atoms with Crippen molar-refractivity contribution in [3.8, 4) is 10.6 Å². The number of hydrogen-bond donors (Lipinski definition) is 0. The summed E-state index contributed by atoms with van der Waals surface area (Å²) in [5, 5.41) is 0. The molecule has 86 valence electrons. The van der Waals surface area contributed by atoms with Crippen molar-refractivity contribution in [2.45, 2.75) is 13.3 Å². The predicted molar refractivity (Wildman–Crippen MR) is 67.8 cm³/mol. The predicted octanol–water partition coefficient (Wildman–Crippen LogP) is 3.76. The number of rotatable bonds is 2. The summed E-state index contributed by atoms with van der Waals surface area (Å²) in [6, 6.07) is 7.30. The van der Waals surface area contributed by atoms with Gasteiger partial charge in [0.05, 0.1) is 10.6 Å². The Labute approximate surface area is 102 Å². The number of hydrogen-bond acceptors (Lipinski definition) is 2. The Morgan fingerprint density at radius 1 is 1.24 bits per heavy atom. The number of imidazole rings is 1. The minimum atomic E-state index is -0.248. The van der Waals surface area contributed by atoms with Crippen LogP contribution in [0.15, 0.2) is 36.7 Å². The highest BCUT2D eigenvalue weighted by atomic mass is 32.1. The maximum atomic E-state index is 13.1. The first-order valence-corrected chi connectivity index (χ1v) is 6.31. The number of aromatic nitrogens is 2. The van der Waals surface area contributed by atoms with Gasteiger partial charge < -0.3 is 4.40 Å². The number of pyridine rings is 1. The van der Waals surface area contributed by atoms with Gasteiger partial charge in [0, 0.05) is 17.3 Å². The first-order chi connectivity index (χ1) is 8.26. The molecule has 0 N–H and O–H groups in total. The van der Waals surface area contributed by atoms with Gasteiger partial charge >= 0.3 is 0 Å². The topological polar surface area (TPSA) is 17.3 Å². The molecule has 0 fully saturated rings. The van der Waals surface area contributed by atoms with Crippen molar-refractivity contribution >= 4 is 17.0 Å². The summed E-state index contributed by atoms with van der Waals surface area (Å²) in [5.41, 5.74) is 1.67. The maximum Gasteiger partial charge on any atom is 0.139 e. The monoisotopic (exact) mass is 246 g/mol. The summed E-state index contributed by atoms with van der Waals surface area (Å²) >= 11 is 1.74. The van der Waals surface area contributed by atoms with Crippen molar-refractivity contribution in [1.82, 2.24) is 9.38 Å². The maximum absolute atomic E-state index is 13.1. The van der Waals surface area contributed by atoms with Crippen LogP contribution in [0.2, 0.25) is 0 Å². The second-order valence-electron chi connectivity index (χ2n) is 3.86. The normalized spacial score (nSPS) is 11.2. The molecule has 0 aliphatic heterocycles. The Morgan fingerprint density at radius 2 is 2.12 bits per heavy atom. The molecular weight excluding hydrogens is 235 g/mol. The van der Waals surface area contributed by atoms with Gasteiger partial charge in [-0.1, -0.05) is 6.92 Å². The molecule has 0 saturated heterocycles. The number of thiophene rings is 1. The van der Waals surface area contributed by atoms with Crippen LogP contribution in [0.3, 0.4) is 0 Å². The van der Waals surface area contributed by atoms with Crippen molar-refractivity contribution in [3.63, 3.8) is 0 Å². The molecule has 3 heterocycles. The van der Waals surface area contributed by atoms with Gasteiger partial charge in [0.2, 0.25) is 0 Å². The third-order valence-corrected chi connectivity index (χ3v) is 3.93. The highest BCUT2D eigenvalue weighted by Crippen LogP contribution is 2.27. The molecular formula is C13H11FN2S. The summed E-state index contributed by atoms with van der Waals surface area (Å²) < 4.78 is 14.8. The van der Waals surface area contributed by atoms with Gasteiger partial charge in [-0.05, 0) is 30.7 Å². The van der Waals surface area contributed by atoms with E-state index in [1.165, 1.54) is 17.1 Å². The fourth-order valence-electron chi connectivity index (χ4n) is 1.79. The fourth-order valence-corrected chi connectivity index (χ4v) is 2.69. The molecule has 3 aromatic heterocycles. The standard InChI is InChI=1S/C13H11FN2S/c1-2-10-4-5-12(17-10)11-8-16-7-9(14)3-6-13(16)15-11/h3-8H,2H2,1H3. The van der Waals surface area contributed by atoms with Crippen LogP contribution in [0.25, 0.3) is 16.2 Å². The molecule has 0 aromatic carbocycles. The van der Waals surface area contributed by atoms with E-state index in [2.05, 4.69) is 24.0 Å². The highest BCUT2D eigenvalue weighted by molar-refractivity contribution is 7.15. The molecule has 0 atom stereocenters. The van der Waals surface area contributed by atoms with Gasteiger partial charge in [-0.3, -0.25) is 0 Å². The average molecular weight is 246 g/mol. The molecule has 0 aliphatic rings. The lowest BCUT2D eigenvalue weighted by Gasteiger charge is -1.90. The van der Waals surface area contributed by atoms with Crippen molar-refractivity contribution < 1.29 is 4.39 Å². The van der Waals surface area contributed by atoms with Crippen LogP contribution in [0.1, 0.15) is 11.8 Å². The van der Waals surface area contributed by atoms with Crippen LogP contribution in [-0.2, 0) is 6.42 Å². The number of halogens is 1. The minimum Gasteiger partial charge on any atom is -0.303 e. The fraction of sp³-hybridized carbons (Fsp3) is 0.154. The Hall–Kier alpha value is -1.68. The molecule has 0 saturated carbocycles. The van der Waals surface area contributed by atoms with E-state index in [0.29, 0.717) is 0 Å². The highest BCUT2D eigenvalue weighted by Gasteiger charge is 2.07. The molecule has 3 aromatic rings. The summed E-state index contributed by atoms with van der Waals surface area (Å²) in [6.07, 6.45) is 4.34. The molecule has 0 spiro atoms. The van der Waals surface area contributed by atoms with E-state index in [1.807, 2.05) is 6.20 Å². The van der Waals surface area contributed by atoms with Crippen LogP contribution < -0.4 is 0 Å². The van der Waals surface area contributed by atoms with Gasteiger partial charge in [-0.25, -0.2) is 9.37 Å². The number of fused-ring (bicyclic) bond motifs is 1. The third-order valence-electron chi connectivity index (χ3n) is 2.68. The first kappa shape index (κ1) is 10.5. The van der Waals surface area contributed by atoms with Crippen LogP contribution in [0.4, 0.5) is 4.39 Å². The van der Waals surface area contributed by atoms with Crippen LogP contribution in [0.5, 0.6) is 0 Å². The molecule has 3 rings (SSSR count). The molecule has 4 heteroatoms. The molecule has 0 amide bonds. The lowest BCUT2D eigenvalue weighted by Crippen LogP contribution is -1.83.